The van der Waals surface area contributed by atoms with Crippen LogP contribution in [0.15, 0.2) is 30.3 Å². The van der Waals surface area contributed by atoms with Crippen LogP contribution in [0.2, 0.25) is 0 Å². The molecule has 0 saturated heterocycles. The summed E-state index contributed by atoms with van der Waals surface area (Å²) >= 11 is 0. The Labute approximate surface area is 90.5 Å². The highest BCUT2D eigenvalue weighted by Crippen LogP contribution is 2.25. The summed E-state index contributed by atoms with van der Waals surface area (Å²) in [4.78, 5) is 17.2. The summed E-state index contributed by atoms with van der Waals surface area (Å²) in [6.07, 6.45) is 0.592. The molecule has 0 fully saturated rings. The van der Waals surface area contributed by atoms with Gasteiger partial charge in [0.1, 0.15) is 11.9 Å². The van der Waals surface area contributed by atoms with Crippen molar-refractivity contribution in [1.82, 2.24) is 0 Å². The van der Waals surface area contributed by atoms with Crippen LogP contribution in [-0.4, -0.2) is 22.5 Å². The largest absolute Gasteiger partial charge is 0.488 e. The van der Waals surface area contributed by atoms with Gasteiger partial charge in [-0.25, -0.2) is 0 Å². The molecule has 84 valence electrons. The molecule has 5 heteroatoms. The summed E-state index contributed by atoms with van der Waals surface area (Å²) in [6, 6.07) is 9.37. The molecule has 0 aromatic heterocycles. The van der Waals surface area contributed by atoms with Crippen LogP contribution in [0.25, 0.3) is 0 Å². The van der Waals surface area contributed by atoms with Crippen LogP contribution in [0.1, 0.15) is 13.3 Å². The van der Waals surface area contributed by atoms with Crippen molar-refractivity contribution in [3.05, 3.63) is 30.3 Å². The lowest BCUT2D eigenvalue weighted by Crippen LogP contribution is -2.21. The molecule has 0 bridgehead atoms. The van der Waals surface area contributed by atoms with E-state index in [0.717, 1.165) is 12.2 Å². The van der Waals surface area contributed by atoms with Crippen molar-refractivity contribution in [3.63, 3.8) is 0 Å². The van der Waals surface area contributed by atoms with E-state index < -0.39 is 8.60 Å². The average molecular weight is 230 g/mol. The molecule has 1 rings (SSSR count). The van der Waals surface area contributed by atoms with Gasteiger partial charge in [-0.1, -0.05) is 25.1 Å². The Balaban J connectivity index is 2.40. The van der Waals surface area contributed by atoms with E-state index in [1.54, 1.807) is 0 Å². The van der Waals surface area contributed by atoms with Crippen LogP contribution in [-0.2, 0) is 4.52 Å². The normalized spacial score (nSPS) is 12.8. The fourth-order valence-electron chi connectivity index (χ4n) is 1.08. The molecule has 0 radical (unpaired) electrons. The van der Waals surface area contributed by atoms with Crippen molar-refractivity contribution in [2.45, 2.75) is 19.4 Å². The first kappa shape index (κ1) is 12.4. The molecule has 0 aliphatic heterocycles. The lowest BCUT2D eigenvalue weighted by Gasteiger charge is -2.17. The zero-order valence-electron chi connectivity index (χ0n) is 8.54. The maximum atomic E-state index is 8.61. The van der Waals surface area contributed by atoms with Gasteiger partial charge >= 0.3 is 8.60 Å². The minimum atomic E-state index is -2.29. The maximum Gasteiger partial charge on any atom is 0.327 e. The molecule has 15 heavy (non-hydrogen) atoms. The van der Waals surface area contributed by atoms with Crippen LogP contribution >= 0.6 is 8.60 Å². The summed E-state index contributed by atoms with van der Waals surface area (Å²) in [5.74, 6) is 0.758. The fraction of sp³-hybridized carbons (Fsp3) is 0.400. The Bertz CT molecular complexity index is 265. The van der Waals surface area contributed by atoms with E-state index in [1.807, 2.05) is 37.3 Å². The Morgan fingerprint density at radius 2 is 1.93 bits per heavy atom. The Kier molecular flexibility index (Phi) is 5.58. The van der Waals surface area contributed by atoms with Gasteiger partial charge in [0.15, 0.2) is 0 Å². The molecule has 0 aliphatic carbocycles. The smallest absolute Gasteiger partial charge is 0.327 e. The lowest BCUT2D eigenvalue weighted by molar-refractivity contribution is 0.115. The second-order valence-corrected chi connectivity index (χ2v) is 3.77. The quantitative estimate of drug-likeness (QED) is 0.734. The molecule has 1 aromatic rings. The number of ether oxygens (including phenoxy) is 1. The molecule has 0 saturated carbocycles. The number of rotatable bonds is 6. The summed E-state index contributed by atoms with van der Waals surface area (Å²) in [5, 5.41) is 0. The van der Waals surface area contributed by atoms with Crippen molar-refractivity contribution in [2.75, 3.05) is 6.61 Å². The molecule has 0 heterocycles. The van der Waals surface area contributed by atoms with Crippen LogP contribution in [0.3, 0.4) is 0 Å². The van der Waals surface area contributed by atoms with E-state index >= 15 is 0 Å². The monoisotopic (exact) mass is 230 g/mol. The number of hydrogen-bond donors (Lipinski definition) is 2. The van der Waals surface area contributed by atoms with Gasteiger partial charge in [-0.3, -0.25) is 0 Å². The Hall–Kier alpha value is -0.670. The van der Waals surface area contributed by atoms with Gasteiger partial charge in [-0.05, 0) is 18.6 Å². The molecular formula is C10H15O4P. The maximum absolute atomic E-state index is 8.61. The third-order valence-electron chi connectivity index (χ3n) is 1.88. The second kappa shape index (κ2) is 6.75. The average Bonchev–Trinajstić information content (AvgIpc) is 2.25. The van der Waals surface area contributed by atoms with Crippen molar-refractivity contribution in [2.24, 2.45) is 0 Å². The summed E-state index contributed by atoms with van der Waals surface area (Å²) < 4.78 is 10.3. The SMILES string of the molecule is CCC(COP(O)O)Oc1ccccc1. The predicted molar refractivity (Wildman–Crippen MR) is 58.5 cm³/mol. The van der Waals surface area contributed by atoms with Crippen molar-refractivity contribution in [3.8, 4) is 5.75 Å². The van der Waals surface area contributed by atoms with Gasteiger partial charge in [-0.15, -0.1) is 0 Å². The Morgan fingerprint density at radius 3 is 2.47 bits per heavy atom. The molecular weight excluding hydrogens is 215 g/mol. The molecule has 2 N–H and O–H groups in total. The highest BCUT2D eigenvalue weighted by molar-refractivity contribution is 7.39. The van der Waals surface area contributed by atoms with Crippen LogP contribution in [0, 0.1) is 0 Å². The van der Waals surface area contributed by atoms with E-state index in [1.165, 1.54) is 0 Å². The van der Waals surface area contributed by atoms with Gasteiger partial charge in [0.2, 0.25) is 0 Å². The second-order valence-electron chi connectivity index (χ2n) is 3.01. The van der Waals surface area contributed by atoms with Gasteiger partial charge < -0.3 is 19.0 Å². The minimum absolute atomic E-state index is 0.156. The summed E-state index contributed by atoms with van der Waals surface area (Å²) in [5.41, 5.74) is 0. The highest BCUT2D eigenvalue weighted by Gasteiger charge is 2.10. The standard InChI is InChI=1S/C10H15O4P/c1-2-9(8-13-15(11)12)14-10-6-4-3-5-7-10/h3-7,9,11-12H,2,8H2,1H3. The van der Waals surface area contributed by atoms with Crippen molar-refractivity contribution < 1.29 is 19.0 Å². The van der Waals surface area contributed by atoms with Crippen molar-refractivity contribution in [1.29, 1.82) is 0 Å². The molecule has 0 aliphatic rings. The first-order chi connectivity index (χ1) is 7.22. The lowest BCUT2D eigenvalue weighted by atomic mass is 10.3. The molecule has 1 atom stereocenters. The van der Waals surface area contributed by atoms with E-state index in [0.29, 0.717) is 0 Å². The molecule has 1 aromatic carbocycles. The summed E-state index contributed by atoms with van der Waals surface area (Å²) in [6.45, 7) is 2.14. The van der Waals surface area contributed by atoms with Crippen LogP contribution in [0.4, 0.5) is 0 Å². The van der Waals surface area contributed by atoms with E-state index in [2.05, 4.69) is 0 Å². The minimum Gasteiger partial charge on any atom is -0.488 e. The zero-order valence-corrected chi connectivity index (χ0v) is 9.43. The third-order valence-corrected chi connectivity index (χ3v) is 2.26. The van der Waals surface area contributed by atoms with E-state index in [9.17, 15) is 0 Å². The van der Waals surface area contributed by atoms with Crippen LogP contribution < -0.4 is 4.74 Å². The molecule has 0 spiro atoms. The highest BCUT2D eigenvalue weighted by atomic mass is 31.2. The van der Waals surface area contributed by atoms with E-state index in [-0.39, 0.29) is 12.7 Å². The Morgan fingerprint density at radius 1 is 1.27 bits per heavy atom. The topological polar surface area (TPSA) is 58.9 Å². The van der Waals surface area contributed by atoms with Gasteiger partial charge in [-0.2, -0.15) is 0 Å². The van der Waals surface area contributed by atoms with Crippen molar-refractivity contribution >= 4 is 8.60 Å². The van der Waals surface area contributed by atoms with Gasteiger partial charge in [0.05, 0.1) is 6.61 Å². The molecule has 4 nitrogen and oxygen atoms in total. The number of benzene rings is 1. The zero-order chi connectivity index (χ0) is 11.1. The van der Waals surface area contributed by atoms with Crippen LogP contribution in [0.5, 0.6) is 5.75 Å². The van der Waals surface area contributed by atoms with Gasteiger partial charge in [0.25, 0.3) is 0 Å². The molecule has 1 unspecified atom stereocenters. The van der Waals surface area contributed by atoms with E-state index in [4.69, 9.17) is 19.0 Å². The summed E-state index contributed by atoms with van der Waals surface area (Å²) in [7, 11) is -2.29. The number of para-hydroxylation sites is 1. The third kappa shape index (κ3) is 5.09. The number of hydrogen-bond acceptors (Lipinski definition) is 4. The fourth-order valence-corrected chi connectivity index (χ4v) is 1.38. The van der Waals surface area contributed by atoms with Gasteiger partial charge in [0, 0.05) is 0 Å². The predicted octanol–water partition coefficient (Wildman–Crippen LogP) is 2.07. The first-order valence-electron chi connectivity index (χ1n) is 4.75. The molecule has 0 amide bonds. The first-order valence-corrected chi connectivity index (χ1v) is 5.91.